The molecule has 1 heterocycles. The standard InChI is InChI=1S/C23H25N3O3/c24-12-15-7-9-17(10-8-15)18-11-19(23(25-13-18)29-14-16-5-6-16)22(28)26-20-3-1-2-4-21(20)27/h7-11,13,16,20-21,27H,1-6,14H2,(H,26,28)/t20-,21-/m0/s1. The van der Waals surface area contributed by atoms with Gasteiger partial charge in [0.1, 0.15) is 5.56 Å². The third kappa shape index (κ3) is 4.75. The number of amides is 1. The predicted octanol–water partition coefficient (Wildman–Crippen LogP) is 3.44. The van der Waals surface area contributed by atoms with E-state index in [1.807, 2.05) is 12.1 Å². The molecule has 4 rings (SSSR count). The first kappa shape index (κ1) is 19.4. The molecule has 29 heavy (non-hydrogen) atoms. The zero-order chi connectivity index (χ0) is 20.2. The molecule has 6 heteroatoms. The molecular weight excluding hydrogens is 366 g/mol. The summed E-state index contributed by atoms with van der Waals surface area (Å²) in [6, 6.07) is 10.8. The molecule has 2 saturated carbocycles. The largest absolute Gasteiger partial charge is 0.477 e. The number of aromatic nitrogens is 1. The maximum absolute atomic E-state index is 13.0. The second kappa shape index (κ2) is 8.62. The number of hydrogen-bond acceptors (Lipinski definition) is 5. The summed E-state index contributed by atoms with van der Waals surface area (Å²) in [6.45, 7) is 0.565. The van der Waals surface area contributed by atoms with Gasteiger partial charge in [0.15, 0.2) is 0 Å². The maximum atomic E-state index is 13.0. The Morgan fingerprint density at radius 1 is 1.17 bits per heavy atom. The molecule has 2 fully saturated rings. The normalized spacial score (nSPS) is 21.2. The van der Waals surface area contributed by atoms with Crippen LogP contribution >= 0.6 is 0 Å². The highest BCUT2D eigenvalue weighted by Gasteiger charge is 2.28. The van der Waals surface area contributed by atoms with E-state index >= 15 is 0 Å². The monoisotopic (exact) mass is 391 g/mol. The van der Waals surface area contributed by atoms with Crippen LogP contribution in [-0.2, 0) is 0 Å². The van der Waals surface area contributed by atoms with Gasteiger partial charge in [-0.15, -0.1) is 0 Å². The molecule has 0 unspecified atom stereocenters. The molecule has 1 amide bonds. The summed E-state index contributed by atoms with van der Waals surface area (Å²) in [6.07, 6.45) is 6.94. The van der Waals surface area contributed by atoms with Crippen LogP contribution in [0, 0.1) is 17.2 Å². The van der Waals surface area contributed by atoms with Crippen LogP contribution in [-0.4, -0.2) is 34.8 Å². The summed E-state index contributed by atoms with van der Waals surface area (Å²) in [7, 11) is 0. The van der Waals surface area contributed by atoms with E-state index in [2.05, 4.69) is 16.4 Å². The van der Waals surface area contributed by atoms with Crippen LogP contribution in [0.25, 0.3) is 11.1 Å². The lowest BCUT2D eigenvalue weighted by molar-refractivity contribution is 0.0714. The van der Waals surface area contributed by atoms with Crippen LogP contribution in [0.1, 0.15) is 54.4 Å². The first-order valence-electron chi connectivity index (χ1n) is 10.3. The van der Waals surface area contributed by atoms with Crippen LogP contribution in [0.4, 0.5) is 0 Å². The highest BCUT2D eigenvalue weighted by atomic mass is 16.5. The van der Waals surface area contributed by atoms with Gasteiger partial charge in [-0.3, -0.25) is 4.79 Å². The molecule has 0 bridgehead atoms. The zero-order valence-corrected chi connectivity index (χ0v) is 16.3. The highest BCUT2D eigenvalue weighted by Crippen LogP contribution is 2.31. The fourth-order valence-electron chi connectivity index (χ4n) is 3.63. The fraction of sp³-hybridized carbons (Fsp3) is 0.435. The lowest BCUT2D eigenvalue weighted by Crippen LogP contribution is -2.45. The van der Waals surface area contributed by atoms with Gasteiger partial charge in [0, 0.05) is 11.8 Å². The van der Waals surface area contributed by atoms with Crippen molar-refractivity contribution in [3.8, 4) is 23.1 Å². The quantitative estimate of drug-likeness (QED) is 0.786. The minimum Gasteiger partial charge on any atom is -0.477 e. The number of nitriles is 1. The van der Waals surface area contributed by atoms with Crippen molar-refractivity contribution in [3.05, 3.63) is 47.7 Å². The SMILES string of the molecule is N#Cc1ccc(-c2cnc(OCC3CC3)c(C(=O)N[C@H]3CCCC[C@@H]3O)c2)cc1. The number of pyridine rings is 1. The minimum atomic E-state index is -0.516. The van der Waals surface area contributed by atoms with Crippen molar-refractivity contribution >= 4 is 5.91 Å². The summed E-state index contributed by atoms with van der Waals surface area (Å²) in [5.41, 5.74) is 2.61. The van der Waals surface area contributed by atoms with Crippen LogP contribution in [0.3, 0.4) is 0 Å². The highest BCUT2D eigenvalue weighted by molar-refractivity contribution is 5.97. The molecule has 1 aromatic heterocycles. The zero-order valence-electron chi connectivity index (χ0n) is 16.3. The van der Waals surface area contributed by atoms with Gasteiger partial charge in [-0.05, 0) is 55.4 Å². The fourth-order valence-corrected chi connectivity index (χ4v) is 3.63. The van der Waals surface area contributed by atoms with Crippen molar-refractivity contribution < 1.29 is 14.6 Å². The van der Waals surface area contributed by atoms with Gasteiger partial charge in [-0.25, -0.2) is 4.98 Å². The molecule has 6 nitrogen and oxygen atoms in total. The van der Waals surface area contributed by atoms with E-state index < -0.39 is 6.10 Å². The van der Waals surface area contributed by atoms with E-state index in [-0.39, 0.29) is 11.9 Å². The van der Waals surface area contributed by atoms with E-state index in [1.165, 1.54) is 0 Å². The van der Waals surface area contributed by atoms with Crippen LogP contribution in [0.5, 0.6) is 5.88 Å². The molecular formula is C23H25N3O3. The number of ether oxygens (including phenoxy) is 1. The Hall–Kier alpha value is -2.91. The average Bonchev–Trinajstić information content (AvgIpc) is 3.58. The molecule has 0 spiro atoms. The molecule has 1 aromatic carbocycles. The molecule has 2 N–H and O–H groups in total. The molecule has 0 aliphatic heterocycles. The number of rotatable bonds is 6. The summed E-state index contributed by atoms with van der Waals surface area (Å²) in [5.74, 6) is 0.605. The van der Waals surface area contributed by atoms with Crippen LogP contribution in [0.2, 0.25) is 0 Å². The third-order valence-electron chi connectivity index (χ3n) is 5.64. The van der Waals surface area contributed by atoms with E-state index in [0.29, 0.717) is 36.0 Å². The lowest BCUT2D eigenvalue weighted by atomic mass is 9.92. The number of nitrogens with one attached hydrogen (secondary N) is 1. The summed E-state index contributed by atoms with van der Waals surface area (Å²) < 4.78 is 5.85. The molecule has 2 aliphatic carbocycles. The van der Waals surface area contributed by atoms with Crippen molar-refractivity contribution in [1.29, 1.82) is 5.26 Å². The van der Waals surface area contributed by atoms with Gasteiger partial charge in [0.25, 0.3) is 5.91 Å². The Labute approximate surface area is 170 Å². The molecule has 2 atom stereocenters. The number of aliphatic hydroxyl groups excluding tert-OH is 1. The molecule has 0 radical (unpaired) electrons. The van der Waals surface area contributed by atoms with Gasteiger partial charge in [0.2, 0.25) is 5.88 Å². The number of benzene rings is 1. The van der Waals surface area contributed by atoms with Gasteiger partial charge in [-0.1, -0.05) is 25.0 Å². The third-order valence-corrected chi connectivity index (χ3v) is 5.64. The van der Waals surface area contributed by atoms with Crippen molar-refractivity contribution in [3.63, 3.8) is 0 Å². The average molecular weight is 391 g/mol. The number of aliphatic hydroxyl groups is 1. The molecule has 2 aliphatic rings. The Balaban J connectivity index is 1.59. The molecule has 150 valence electrons. The summed E-state index contributed by atoms with van der Waals surface area (Å²) >= 11 is 0. The molecule has 2 aromatic rings. The number of carbonyl (C=O) groups excluding carboxylic acids is 1. The molecule has 0 saturated heterocycles. The first-order valence-corrected chi connectivity index (χ1v) is 10.3. The van der Waals surface area contributed by atoms with Gasteiger partial charge in [-0.2, -0.15) is 5.26 Å². The summed E-state index contributed by atoms with van der Waals surface area (Å²) in [4.78, 5) is 17.5. The summed E-state index contributed by atoms with van der Waals surface area (Å²) in [5, 5.41) is 22.2. The minimum absolute atomic E-state index is 0.244. The number of nitrogens with zero attached hydrogens (tertiary/aromatic N) is 2. The Kier molecular flexibility index (Phi) is 5.77. The predicted molar refractivity (Wildman–Crippen MR) is 108 cm³/mol. The van der Waals surface area contributed by atoms with Crippen molar-refractivity contribution in [1.82, 2.24) is 10.3 Å². The lowest BCUT2D eigenvalue weighted by Gasteiger charge is -2.28. The Bertz CT molecular complexity index is 916. The topological polar surface area (TPSA) is 95.2 Å². The van der Waals surface area contributed by atoms with Crippen molar-refractivity contribution in [2.75, 3.05) is 6.61 Å². The van der Waals surface area contributed by atoms with E-state index in [4.69, 9.17) is 10.00 Å². The van der Waals surface area contributed by atoms with Gasteiger partial charge in [0.05, 0.1) is 30.4 Å². The van der Waals surface area contributed by atoms with Crippen LogP contribution in [0.15, 0.2) is 36.5 Å². The Morgan fingerprint density at radius 2 is 1.93 bits per heavy atom. The van der Waals surface area contributed by atoms with Gasteiger partial charge >= 0.3 is 0 Å². The second-order valence-electron chi connectivity index (χ2n) is 7.95. The van der Waals surface area contributed by atoms with Crippen LogP contribution < -0.4 is 10.1 Å². The first-order chi connectivity index (χ1) is 14.1. The van der Waals surface area contributed by atoms with E-state index in [1.54, 1.807) is 24.4 Å². The number of carbonyl (C=O) groups is 1. The number of hydrogen-bond donors (Lipinski definition) is 2. The van der Waals surface area contributed by atoms with Crippen molar-refractivity contribution in [2.24, 2.45) is 5.92 Å². The van der Waals surface area contributed by atoms with Gasteiger partial charge < -0.3 is 15.2 Å². The van der Waals surface area contributed by atoms with E-state index in [0.717, 1.165) is 43.2 Å². The van der Waals surface area contributed by atoms with Crippen molar-refractivity contribution in [2.45, 2.75) is 50.7 Å². The Morgan fingerprint density at radius 3 is 2.62 bits per heavy atom. The van der Waals surface area contributed by atoms with E-state index in [9.17, 15) is 9.90 Å². The second-order valence-corrected chi connectivity index (χ2v) is 7.95. The maximum Gasteiger partial charge on any atom is 0.257 e. The smallest absolute Gasteiger partial charge is 0.257 e.